The molecule has 0 aromatic rings. The standard InChI is InChI=1S/C11H18N2O5S/c1-3-4-5-7-12-11(16)13-9(10(14)15)6-8-19(2,17)18/h9H,5-8H2,1-2H3,(H,14,15)(H2,12,13,16). The minimum absolute atomic E-state index is 0.170. The fourth-order valence-corrected chi connectivity index (χ4v) is 1.83. The summed E-state index contributed by atoms with van der Waals surface area (Å²) in [6, 6.07) is -1.88. The van der Waals surface area contributed by atoms with Crippen molar-refractivity contribution in [3.05, 3.63) is 0 Å². The van der Waals surface area contributed by atoms with Crippen LogP contribution in [0.25, 0.3) is 0 Å². The van der Waals surface area contributed by atoms with E-state index in [2.05, 4.69) is 22.5 Å². The number of rotatable bonds is 7. The molecule has 0 aromatic carbocycles. The highest BCUT2D eigenvalue weighted by Crippen LogP contribution is 1.97. The van der Waals surface area contributed by atoms with Crippen molar-refractivity contribution in [3.8, 4) is 11.8 Å². The molecular weight excluding hydrogens is 272 g/mol. The lowest BCUT2D eigenvalue weighted by atomic mass is 10.2. The molecule has 0 aromatic heterocycles. The van der Waals surface area contributed by atoms with Gasteiger partial charge in [-0.05, 0) is 13.3 Å². The summed E-state index contributed by atoms with van der Waals surface area (Å²) in [5, 5.41) is 13.5. The van der Waals surface area contributed by atoms with Gasteiger partial charge in [0.2, 0.25) is 0 Å². The molecule has 1 unspecified atom stereocenters. The van der Waals surface area contributed by atoms with E-state index >= 15 is 0 Å². The molecule has 19 heavy (non-hydrogen) atoms. The van der Waals surface area contributed by atoms with E-state index < -0.39 is 27.9 Å². The number of aliphatic carboxylic acids is 1. The summed E-state index contributed by atoms with van der Waals surface area (Å²) in [6.07, 6.45) is 1.30. The van der Waals surface area contributed by atoms with Crippen LogP contribution in [0.2, 0.25) is 0 Å². The summed E-state index contributed by atoms with van der Waals surface area (Å²) < 4.78 is 21.9. The summed E-state index contributed by atoms with van der Waals surface area (Å²) in [5.41, 5.74) is 0. The van der Waals surface area contributed by atoms with Gasteiger partial charge in [0.1, 0.15) is 15.9 Å². The van der Waals surface area contributed by atoms with Crippen LogP contribution < -0.4 is 10.6 Å². The first-order valence-corrected chi connectivity index (χ1v) is 7.67. The van der Waals surface area contributed by atoms with Crippen LogP contribution in [0.4, 0.5) is 4.79 Å². The quantitative estimate of drug-likeness (QED) is 0.436. The number of hydrogen-bond donors (Lipinski definition) is 3. The third-order valence-corrected chi connectivity index (χ3v) is 3.07. The monoisotopic (exact) mass is 290 g/mol. The molecule has 0 aliphatic heterocycles. The topological polar surface area (TPSA) is 113 Å². The smallest absolute Gasteiger partial charge is 0.326 e. The summed E-state index contributed by atoms with van der Waals surface area (Å²) in [6.45, 7) is 1.97. The Labute approximate surface area is 112 Å². The van der Waals surface area contributed by atoms with E-state index in [9.17, 15) is 18.0 Å². The van der Waals surface area contributed by atoms with Crippen LogP contribution in [-0.2, 0) is 14.6 Å². The van der Waals surface area contributed by atoms with Crippen molar-refractivity contribution in [1.82, 2.24) is 10.6 Å². The van der Waals surface area contributed by atoms with Gasteiger partial charge in [0.05, 0.1) is 5.75 Å². The Hall–Kier alpha value is -1.75. The van der Waals surface area contributed by atoms with Gasteiger partial charge in [-0.2, -0.15) is 0 Å². The highest BCUT2D eigenvalue weighted by molar-refractivity contribution is 7.90. The van der Waals surface area contributed by atoms with Gasteiger partial charge >= 0.3 is 12.0 Å². The van der Waals surface area contributed by atoms with Crippen LogP contribution >= 0.6 is 0 Å². The Morgan fingerprint density at radius 2 is 2.00 bits per heavy atom. The number of hydrogen-bond acceptors (Lipinski definition) is 4. The van der Waals surface area contributed by atoms with Crippen LogP contribution in [0.5, 0.6) is 0 Å². The van der Waals surface area contributed by atoms with Gasteiger partial charge < -0.3 is 15.7 Å². The lowest BCUT2D eigenvalue weighted by Gasteiger charge is -2.14. The number of carbonyl (C=O) groups is 2. The molecule has 0 radical (unpaired) electrons. The van der Waals surface area contributed by atoms with Gasteiger partial charge in [0.25, 0.3) is 0 Å². The number of amides is 2. The molecule has 0 heterocycles. The van der Waals surface area contributed by atoms with E-state index in [1.165, 1.54) is 0 Å². The van der Waals surface area contributed by atoms with E-state index in [1.807, 2.05) is 0 Å². The molecule has 8 heteroatoms. The predicted octanol–water partition coefficient (Wildman–Crippen LogP) is -0.413. The summed E-state index contributed by atoms with van der Waals surface area (Å²) in [4.78, 5) is 22.2. The van der Waals surface area contributed by atoms with Crippen molar-refractivity contribution in [2.24, 2.45) is 0 Å². The van der Waals surface area contributed by atoms with E-state index in [0.29, 0.717) is 13.0 Å². The fraction of sp³-hybridized carbons (Fsp3) is 0.636. The second kappa shape index (κ2) is 8.37. The van der Waals surface area contributed by atoms with Crippen LogP contribution in [0.1, 0.15) is 19.8 Å². The van der Waals surface area contributed by atoms with E-state index in [0.717, 1.165) is 6.26 Å². The van der Waals surface area contributed by atoms with Crippen molar-refractivity contribution < 1.29 is 23.1 Å². The fourth-order valence-electron chi connectivity index (χ4n) is 1.16. The summed E-state index contributed by atoms with van der Waals surface area (Å²) in [5.74, 6) is 3.82. The van der Waals surface area contributed by atoms with Crippen LogP contribution in [0.3, 0.4) is 0 Å². The first-order valence-electron chi connectivity index (χ1n) is 5.60. The van der Waals surface area contributed by atoms with Crippen molar-refractivity contribution in [2.45, 2.75) is 25.8 Å². The molecule has 0 aliphatic rings. The van der Waals surface area contributed by atoms with Crippen molar-refractivity contribution in [3.63, 3.8) is 0 Å². The highest BCUT2D eigenvalue weighted by Gasteiger charge is 2.21. The van der Waals surface area contributed by atoms with Crippen LogP contribution in [-0.4, -0.2) is 50.1 Å². The maximum atomic E-state index is 11.4. The number of carboxylic acid groups (broad SMARTS) is 1. The molecule has 0 spiro atoms. The number of carbonyl (C=O) groups excluding carboxylic acids is 1. The average molecular weight is 290 g/mol. The molecule has 1 atom stereocenters. The number of carboxylic acids is 1. The summed E-state index contributed by atoms with van der Waals surface area (Å²) >= 11 is 0. The average Bonchev–Trinajstić information content (AvgIpc) is 2.28. The van der Waals surface area contributed by atoms with E-state index in [4.69, 9.17) is 5.11 Å². The lowest BCUT2D eigenvalue weighted by Crippen LogP contribution is -2.46. The first-order chi connectivity index (χ1) is 8.76. The third-order valence-electron chi connectivity index (χ3n) is 2.09. The van der Waals surface area contributed by atoms with Gasteiger partial charge in [-0.3, -0.25) is 0 Å². The van der Waals surface area contributed by atoms with Gasteiger partial charge in [0, 0.05) is 19.2 Å². The van der Waals surface area contributed by atoms with Crippen molar-refractivity contribution in [1.29, 1.82) is 0 Å². The molecule has 0 saturated heterocycles. The minimum Gasteiger partial charge on any atom is -0.480 e. The largest absolute Gasteiger partial charge is 0.480 e. The zero-order valence-electron chi connectivity index (χ0n) is 10.9. The first kappa shape index (κ1) is 17.2. The van der Waals surface area contributed by atoms with Gasteiger partial charge in [-0.1, -0.05) is 0 Å². The Kier molecular flexibility index (Phi) is 7.60. The predicted molar refractivity (Wildman–Crippen MR) is 70.4 cm³/mol. The van der Waals surface area contributed by atoms with E-state index in [-0.39, 0.29) is 12.2 Å². The second-order valence-corrected chi connectivity index (χ2v) is 6.15. The van der Waals surface area contributed by atoms with Gasteiger partial charge in [-0.25, -0.2) is 18.0 Å². The third kappa shape index (κ3) is 9.91. The molecule has 0 rings (SSSR count). The SMILES string of the molecule is CC#CCCNC(=O)NC(CCS(C)(=O)=O)C(=O)O. The van der Waals surface area contributed by atoms with Crippen LogP contribution in [0.15, 0.2) is 0 Å². The number of nitrogens with one attached hydrogen (secondary N) is 2. The van der Waals surface area contributed by atoms with E-state index in [1.54, 1.807) is 6.92 Å². The maximum absolute atomic E-state index is 11.4. The molecule has 0 aliphatic carbocycles. The Bertz CT molecular complexity index is 475. The number of sulfone groups is 1. The number of urea groups is 1. The molecular formula is C11H18N2O5S. The minimum atomic E-state index is -3.27. The zero-order chi connectivity index (χ0) is 14.9. The molecule has 7 nitrogen and oxygen atoms in total. The van der Waals surface area contributed by atoms with Gasteiger partial charge in [0.15, 0.2) is 0 Å². The molecule has 0 saturated carbocycles. The lowest BCUT2D eigenvalue weighted by molar-refractivity contribution is -0.139. The van der Waals surface area contributed by atoms with Crippen molar-refractivity contribution in [2.75, 3.05) is 18.6 Å². The zero-order valence-corrected chi connectivity index (χ0v) is 11.7. The molecule has 3 N–H and O–H groups in total. The second-order valence-electron chi connectivity index (χ2n) is 3.89. The molecule has 0 fully saturated rings. The summed E-state index contributed by atoms with van der Waals surface area (Å²) in [7, 11) is -3.27. The normalized spacial score (nSPS) is 11.9. The molecule has 2 amide bonds. The maximum Gasteiger partial charge on any atom is 0.326 e. The Morgan fingerprint density at radius 1 is 1.37 bits per heavy atom. The Balaban J connectivity index is 4.22. The Morgan fingerprint density at radius 3 is 2.47 bits per heavy atom. The molecule has 0 bridgehead atoms. The highest BCUT2D eigenvalue weighted by atomic mass is 32.2. The molecule has 108 valence electrons. The van der Waals surface area contributed by atoms with Crippen molar-refractivity contribution >= 4 is 21.8 Å². The van der Waals surface area contributed by atoms with Crippen LogP contribution in [0, 0.1) is 11.8 Å². The van der Waals surface area contributed by atoms with Gasteiger partial charge in [-0.15, -0.1) is 11.8 Å².